The second-order valence-electron chi connectivity index (χ2n) is 8.14. The molecule has 0 unspecified atom stereocenters. The minimum atomic E-state index is -0.590. The number of carbonyl (C=O) groups excluding carboxylic acids is 1. The van der Waals surface area contributed by atoms with Crippen molar-refractivity contribution < 1.29 is 24.1 Å². The highest BCUT2D eigenvalue weighted by Gasteiger charge is 2.23. The Bertz CT molecular complexity index is 1230. The summed E-state index contributed by atoms with van der Waals surface area (Å²) in [6.45, 7) is 7.26. The first kappa shape index (κ1) is 23.7. The number of benzene rings is 2. The summed E-state index contributed by atoms with van der Waals surface area (Å²) >= 11 is 6.01. The first-order valence-corrected chi connectivity index (χ1v) is 11.6. The van der Waals surface area contributed by atoms with Gasteiger partial charge in [0, 0.05) is 46.7 Å². The third-order valence-electron chi connectivity index (χ3n) is 5.73. The monoisotopic (exact) mass is 482 g/mol. The Labute approximate surface area is 203 Å². The highest BCUT2D eigenvalue weighted by molar-refractivity contribution is 6.30. The van der Waals surface area contributed by atoms with Gasteiger partial charge in [0.05, 0.1) is 19.9 Å². The van der Waals surface area contributed by atoms with Crippen LogP contribution in [0, 0.1) is 0 Å². The van der Waals surface area contributed by atoms with Crippen molar-refractivity contribution in [2.75, 3.05) is 13.7 Å². The number of ether oxygens (including phenoxy) is 3. The molecule has 0 amide bonds. The predicted octanol–water partition coefficient (Wildman–Crippen LogP) is 5.36. The lowest BCUT2D eigenvalue weighted by molar-refractivity contribution is -0.130. The first-order valence-electron chi connectivity index (χ1n) is 11.2. The summed E-state index contributed by atoms with van der Waals surface area (Å²) in [7, 11) is 1.59. The van der Waals surface area contributed by atoms with Crippen molar-refractivity contribution in [3.05, 3.63) is 64.8 Å². The van der Waals surface area contributed by atoms with Crippen LogP contribution in [0.1, 0.15) is 30.9 Å². The average Bonchev–Trinajstić information content (AvgIpc) is 3.43. The fourth-order valence-corrected chi connectivity index (χ4v) is 4.11. The van der Waals surface area contributed by atoms with Gasteiger partial charge in [-0.15, -0.1) is 0 Å². The van der Waals surface area contributed by atoms with Crippen LogP contribution >= 0.6 is 11.6 Å². The lowest BCUT2D eigenvalue weighted by Crippen LogP contribution is -2.13. The summed E-state index contributed by atoms with van der Waals surface area (Å²) in [6, 6.07) is 8.62. The summed E-state index contributed by atoms with van der Waals surface area (Å²) in [5, 5.41) is 15.3. The van der Waals surface area contributed by atoms with Crippen molar-refractivity contribution >= 4 is 17.6 Å². The number of hydrogen-bond donors (Lipinski definition) is 1. The molecule has 1 aromatic heterocycles. The van der Waals surface area contributed by atoms with E-state index in [1.165, 1.54) is 12.3 Å². The van der Waals surface area contributed by atoms with Crippen LogP contribution in [0.4, 0.5) is 0 Å². The normalized spacial score (nSPS) is 12.2. The number of halogens is 1. The fraction of sp³-hybridized carbons (Fsp3) is 0.308. The number of phenols is 1. The second kappa shape index (κ2) is 10.2. The maximum Gasteiger partial charge on any atom is 0.339 e. The number of nitrogens with zero attached hydrogens (tertiary/aromatic N) is 2. The molecule has 0 saturated carbocycles. The largest absolute Gasteiger partial charge is 0.507 e. The summed E-state index contributed by atoms with van der Waals surface area (Å²) in [4.78, 5) is 13.0. The highest BCUT2D eigenvalue weighted by Crippen LogP contribution is 2.38. The van der Waals surface area contributed by atoms with Crippen LogP contribution in [0.25, 0.3) is 11.3 Å². The lowest BCUT2D eigenvalue weighted by atomic mass is 10.0. The molecule has 0 aliphatic carbocycles. The van der Waals surface area contributed by atoms with E-state index in [4.69, 9.17) is 25.8 Å². The standard InChI is InChI=1S/C26H27ClN2O5/c1-4-5-9-29-25(20-7-6-19(27)14-21(20)30)24(15-28-29)34-26(31)16(2)11-18-13-23-17(8-10-33-23)12-22(18)32-3/h6-7,12-15,30H,2,4-5,8-11H2,1,3H3. The number of aryl methyl sites for hydroxylation is 1. The van der Waals surface area contributed by atoms with Crippen molar-refractivity contribution in [1.82, 2.24) is 9.78 Å². The molecule has 1 N–H and O–H groups in total. The van der Waals surface area contributed by atoms with Gasteiger partial charge in [0.1, 0.15) is 22.9 Å². The van der Waals surface area contributed by atoms with E-state index in [0.717, 1.165) is 36.1 Å². The van der Waals surface area contributed by atoms with Gasteiger partial charge in [-0.3, -0.25) is 4.68 Å². The molecule has 0 saturated heterocycles. The van der Waals surface area contributed by atoms with Gasteiger partial charge >= 0.3 is 5.97 Å². The molecule has 0 bridgehead atoms. The van der Waals surface area contributed by atoms with Crippen molar-refractivity contribution in [3.8, 4) is 34.3 Å². The number of phenolic OH excluding ortho intramolecular Hbond substituents is 1. The summed E-state index contributed by atoms with van der Waals surface area (Å²) in [5.41, 5.74) is 3.11. The van der Waals surface area contributed by atoms with Crippen molar-refractivity contribution in [1.29, 1.82) is 0 Å². The van der Waals surface area contributed by atoms with E-state index in [2.05, 4.69) is 18.6 Å². The predicted molar refractivity (Wildman–Crippen MR) is 130 cm³/mol. The molecule has 1 aliphatic rings. The minimum Gasteiger partial charge on any atom is -0.507 e. The van der Waals surface area contributed by atoms with Crippen LogP contribution in [0.2, 0.25) is 5.02 Å². The van der Waals surface area contributed by atoms with E-state index in [0.29, 0.717) is 35.2 Å². The zero-order valence-corrected chi connectivity index (χ0v) is 20.0. The molecule has 2 aromatic carbocycles. The molecular formula is C26H27ClN2O5. The van der Waals surface area contributed by atoms with Crippen LogP contribution < -0.4 is 14.2 Å². The number of esters is 1. The molecule has 0 fully saturated rings. The number of methoxy groups -OCH3 is 1. The summed E-state index contributed by atoms with van der Waals surface area (Å²) in [5.74, 6) is 1.11. The van der Waals surface area contributed by atoms with Gasteiger partial charge in [0.2, 0.25) is 0 Å². The molecular weight excluding hydrogens is 456 g/mol. The molecule has 8 heteroatoms. The van der Waals surface area contributed by atoms with Crippen LogP contribution in [-0.2, 0) is 24.2 Å². The number of rotatable bonds is 9. The Balaban J connectivity index is 1.58. The van der Waals surface area contributed by atoms with E-state index >= 15 is 0 Å². The van der Waals surface area contributed by atoms with E-state index < -0.39 is 5.97 Å². The fourth-order valence-electron chi connectivity index (χ4n) is 3.94. The molecule has 1 aliphatic heterocycles. The maximum absolute atomic E-state index is 13.0. The quantitative estimate of drug-likeness (QED) is 0.326. The lowest BCUT2D eigenvalue weighted by Gasteiger charge is -2.13. The molecule has 4 rings (SSSR count). The number of aromatic nitrogens is 2. The molecule has 178 valence electrons. The van der Waals surface area contributed by atoms with Gasteiger partial charge in [-0.25, -0.2) is 4.79 Å². The highest BCUT2D eigenvalue weighted by atomic mass is 35.5. The second-order valence-corrected chi connectivity index (χ2v) is 8.57. The van der Waals surface area contributed by atoms with Crippen LogP contribution in [0.5, 0.6) is 23.0 Å². The van der Waals surface area contributed by atoms with Crippen molar-refractivity contribution in [2.24, 2.45) is 0 Å². The van der Waals surface area contributed by atoms with E-state index in [-0.39, 0.29) is 23.5 Å². The Kier molecular flexibility index (Phi) is 7.12. The minimum absolute atomic E-state index is 0.0234. The third kappa shape index (κ3) is 4.89. The number of carbonyl (C=O) groups is 1. The molecule has 7 nitrogen and oxygen atoms in total. The van der Waals surface area contributed by atoms with Crippen LogP contribution in [0.15, 0.2) is 48.7 Å². The van der Waals surface area contributed by atoms with Gasteiger partial charge in [-0.1, -0.05) is 31.5 Å². The van der Waals surface area contributed by atoms with Crippen molar-refractivity contribution in [2.45, 2.75) is 39.2 Å². The van der Waals surface area contributed by atoms with Gasteiger partial charge in [-0.2, -0.15) is 5.10 Å². The van der Waals surface area contributed by atoms with Gasteiger partial charge < -0.3 is 19.3 Å². The number of hydrogen-bond acceptors (Lipinski definition) is 6. The molecule has 0 atom stereocenters. The maximum atomic E-state index is 13.0. The summed E-state index contributed by atoms with van der Waals surface area (Å²) in [6.07, 6.45) is 4.39. The SMILES string of the molecule is C=C(Cc1cc2c(cc1OC)CCO2)C(=O)Oc1cnn(CCCC)c1-c1ccc(Cl)cc1O. The zero-order chi connectivity index (χ0) is 24.2. The average molecular weight is 483 g/mol. The smallest absolute Gasteiger partial charge is 0.339 e. The zero-order valence-electron chi connectivity index (χ0n) is 19.3. The molecule has 3 aromatic rings. The van der Waals surface area contributed by atoms with Gasteiger partial charge in [0.25, 0.3) is 0 Å². The van der Waals surface area contributed by atoms with E-state index in [1.54, 1.807) is 23.9 Å². The molecule has 2 heterocycles. The van der Waals surface area contributed by atoms with Crippen molar-refractivity contribution in [3.63, 3.8) is 0 Å². The Morgan fingerprint density at radius 1 is 1.29 bits per heavy atom. The van der Waals surface area contributed by atoms with Crippen LogP contribution in [0.3, 0.4) is 0 Å². The van der Waals surface area contributed by atoms with E-state index in [9.17, 15) is 9.90 Å². The Hall–Kier alpha value is -3.45. The summed E-state index contributed by atoms with van der Waals surface area (Å²) < 4.78 is 18.6. The number of aromatic hydroxyl groups is 1. The number of fused-ring (bicyclic) bond motifs is 1. The van der Waals surface area contributed by atoms with Gasteiger partial charge in [0.15, 0.2) is 5.75 Å². The molecule has 0 radical (unpaired) electrons. The first-order chi connectivity index (χ1) is 16.4. The van der Waals surface area contributed by atoms with Crippen LogP contribution in [-0.4, -0.2) is 34.6 Å². The molecule has 34 heavy (non-hydrogen) atoms. The third-order valence-corrected chi connectivity index (χ3v) is 5.97. The Morgan fingerprint density at radius 3 is 2.85 bits per heavy atom. The Morgan fingerprint density at radius 2 is 2.12 bits per heavy atom. The molecule has 0 spiro atoms. The topological polar surface area (TPSA) is 82.8 Å². The number of unbranched alkanes of at least 4 members (excludes halogenated alkanes) is 1. The van der Waals surface area contributed by atoms with Gasteiger partial charge in [-0.05, 0) is 36.8 Å². The van der Waals surface area contributed by atoms with E-state index in [1.807, 2.05) is 12.1 Å².